The van der Waals surface area contributed by atoms with Crippen LogP contribution >= 0.6 is 23.3 Å². The summed E-state index contributed by atoms with van der Waals surface area (Å²) in [5, 5.41) is 0. The maximum Gasteiger partial charge on any atom is 0.166 e. The van der Waals surface area contributed by atoms with E-state index in [1.807, 2.05) is 0 Å². The Hall–Kier alpha value is -0.580. The van der Waals surface area contributed by atoms with Crippen LogP contribution in [-0.2, 0) is 0 Å². The molecule has 0 aliphatic heterocycles. The molecule has 0 aliphatic rings. The largest absolute Gasteiger partial charge is 0.252 e. The summed E-state index contributed by atoms with van der Waals surface area (Å²) in [7, 11) is 0. The van der Waals surface area contributed by atoms with Gasteiger partial charge in [0.2, 0.25) is 0 Å². The molecule has 2 nitrogen and oxygen atoms in total. The molecule has 0 saturated carbocycles. The lowest BCUT2D eigenvalue weighted by Gasteiger charge is -2.26. The fourth-order valence-corrected chi connectivity index (χ4v) is 4.27. The second kappa shape index (κ2) is 5.81. The Balaban J connectivity index is 2.08. The number of para-hydroxylation sites is 1. The SMILES string of the molecule is Cc1cccc2sc(SNC(C)(C)CC(C)C)nc12. The van der Waals surface area contributed by atoms with Crippen molar-refractivity contribution >= 4 is 33.5 Å². The molecule has 104 valence electrons. The first-order valence-electron chi connectivity index (χ1n) is 6.67. The van der Waals surface area contributed by atoms with Crippen LogP contribution in [0.1, 0.15) is 39.7 Å². The summed E-state index contributed by atoms with van der Waals surface area (Å²) in [6.07, 6.45) is 1.16. The number of rotatable bonds is 5. The Morgan fingerprint density at radius 1 is 1.37 bits per heavy atom. The van der Waals surface area contributed by atoms with Crippen LogP contribution in [-0.4, -0.2) is 10.5 Å². The fourth-order valence-electron chi connectivity index (χ4n) is 2.35. The quantitative estimate of drug-likeness (QED) is 0.783. The molecule has 0 unspecified atom stereocenters. The number of hydrogen-bond acceptors (Lipinski definition) is 4. The molecular weight excluding hydrogens is 272 g/mol. The van der Waals surface area contributed by atoms with Crippen LogP contribution in [0.4, 0.5) is 0 Å². The maximum absolute atomic E-state index is 4.71. The molecule has 1 aromatic carbocycles. The minimum Gasteiger partial charge on any atom is -0.252 e. The van der Waals surface area contributed by atoms with Gasteiger partial charge < -0.3 is 0 Å². The van der Waals surface area contributed by atoms with Crippen LogP contribution in [0.3, 0.4) is 0 Å². The molecule has 0 saturated heterocycles. The maximum atomic E-state index is 4.71. The predicted octanol–water partition coefficient (Wildman–Crippen LogP) is 5.03. The van der Waals surface area contributed by atoms with Crippen LogP contribution in [0, 0.1) is 12.8 Å². The standard InChI is InChI=1S/C15H22N2S2/c1-10(2)9-15(4,5)17-19-14-16-13-11(3)7-6-8-12(13)18-14/h6-8,10,17H,9H2,1-5H3. The van der Waals surface area contributed by atoms with E-state index >= 15 is 0 Å². The second-order valence-corrected chi connectivity index (χ2v) is 8.17. The number of aromatic nitrogens is 1. The van der Waals surface area contributed by atoms with Crippen molar-refractivity contribution in [2.45, 2.75) is 50.9 Å². The number of nitrogens with one attached hydrogen (secondary N) is 1. The van der Waals surface area contributed by atoms with Crippen molar-refractivity contribution in [3.05, 3.63) is 23.8 Å². The van der Waals surface area contributed by atoms with Crippen molar-refractivity contribution in [1.29, 1.82) is 0 Å². The molecule has 0 radical (unpaired) electrons. The highest BCUT2D eigenvalue weighted by molar-refractivity contribution is 7.99. The zero-order valence-electron chi connectivity index (χ0n) is 12.3. The zero-order chi connectivity index (χ0) is 14.0. The smallest absolute Gasteiger partial charge is 0.166 e. The van der Waals surface area contributed by atoms with E-state index in [4.69, 9.17) is 4.98 Å². The van der Waals surface area contributed by atoms with Gasteiger partial charge in [-0.1, -0.05) is 26.0 Å². The molecule has 1 N–H and O–H groups in total. The number of hydrogen-bond donors (Lipinski definition) is 1. The normalized spacial score (nSPS) is 12.5. The van der Waals surface area contributed by atoms with Gasteiger partial charge in [0.15, 0.2) is 4.34 Å². The first-order valence-corrected chi connectivity index (χ1v) is 8.31. The summed E-state index contributed by atoms with van der Waals surface area (Å²) in [6.45, 7) is 11.1. The van der Waals surface area contributed by atoms with Gasteiger partial charge >= 0.3 is 0 Å². The third kappa shape index (κ3) is 3.94. The minimum absolute atomic E-state index is 0.131. The van der Waals surface area contributed by atoms with Crippen molar-refractivity contribution in [2.24, 2.45) is 5.92 Å². The predicted molar refractivity (Wildman–Crippen MR) is 86.9 cm³/mol. The average Bonchev–Trinajstić information content (AvgIpc) is 2.69. The number of benzene rings is 1. The summed E-state index contributed by atoms with van der Waals surface area (Å²) in [4.78, 5) is 4.71. The lowest BCUT2D eigenvalue weighted by Crippen LogP contribution is -2.35. The summed E-state index contributed by atoms with van der Waals surface area (Å²) < 4.78 is 5.92. The van der Waals surface area contributed by atoms with E-state index in [9.17, 15) is 0 Å². The third-order valence-corrected chi connectivity index (χ3v) is 5.17. The highest BCUT2D eigenvalue weighted by Gasteiger charge is 2.20. The van der Waals surface area contributed by atoms with Gasteiger partial charge in [-0.3, -0.25) is 4.72 Å². The van der Waals surface area contributed by atoms with Gasteiger partial charge in [-0.2, -0.15) is 0 Å². The molecule has 2 rings (SSSR count). The molecule has 0 fully saturated rings. The van der Waals surface area contributed by atoms with Gasteiger partial charge in [0.05, 0.1) is 10.2 Å². The van der Waals surface area contributed by atoms with Crippen LogP contribution < -0.4 is 4.72 Å². The Bertz CT molecular complexity index is 558. The Labute approximate surface area is 124 Å². The number of thiazole rings is 1. The van der Waals surface area contributed by atoms with Crippen LogP contribution in [0.25, 0.3) is 10.2 Å². The van der Waals surface area contributed by atoms with E-state index in [1.54, 1.807) is 23.3 Å². The third-order valence-electron chi connectivity index (χ3n) is 2.93. The van der Waals surface area contributed by atoms with E-state index in [-0.39, 0.29) is 5.54 Å². The van der Waals surface area contributed by atoms with Gasteiger partial charge in [-0.05, 0) is 56.7 Å². The van der Waals surface area contributed by atoms with Crippen molar-refractivity contribution in [1.82, 2.24) is 9.71 Å². The van der Waals surface area contributed by atoms with E-state index < -0.39 is 0 Å². The molecule has 0 amide bonds. The van der Waals surface area contributed by atoms with Crippen molar-refractivity contribution < 1.29 is 0 Å². The summed E-state index contributed by atoms with van der Waals surface area (Å²) >= 11 is 3.42. The molecule has 19 heavy (non-hydrogen) atoms. The minimum atomic E-state index is 0.131. The van der Waals surface area contributed by atoms with Gasteiger partial charge in [0.25, 0.3) is 0 Å². The molecule has 1 heterocycles. The fraction of sp³-hybridized carbons (Fsp3) is 0.533. The monoisotopic (exact) mass is 294 g/mol. The zero-order valence-corrected chi connectivity index (χ0v) is 13.9. The van der Waals surface area contributed by atoms with Gasteiger partial charge in [-0.25, -0.2) is 4.98 Å². The summed E-state index contributed by atoms with van der Waals surface area (Å²) in [5.74, 6) is 0.695. The topological polar surface area (TPSA) is 24.9 Å². The average molecular weight is 294 g/mol. The Kier molecular flexibility index (Phi) is 4.54. The molecule has 0 bridgehead atoms. The molecule has 4 heteroatoms. The van der Waals surface area contributed by atoms with Gasteiger partial charge in [0.1, 0.15) is 0 Å². The molecule has 0 spiro atoms. The van der Waals surface area contributed by atoms with Gasteiger partial charge in [0, 0.05) is 5.54 Å². The Morgan fingerprint density at radius 3 is 2.74 bits per heavy atom. The second-order valence-electron chi connectivity index (χ2n) is 6.09. The molecule has 0 aliphatic carbocycles. The lowest BCUT2D eigenvalue weighted by molar-refractivity contribution is 0.376. The van der Waals surface area contributed by atoms with E-state index in [0.717, 1.165) is 16.3 Å². The van der Waals surface area contributed by atoms with E-state index in [1.165, 1.54) is 10.3 Å². The van der Waals surface area contributed by atoms with Crippen LogP contribution in [0.15, 0.2) is 22.5 Å². The van der Waals surface area contributed by atoms with Crippen molar-refractivity contribution in [2.75, 3.05) is 0 Å². The van der Waals surface area contributed by atoms with E-state index in [0.29, 0.717) is 5.92 Å². The number of aryl methyl sites for hydroxylation is 1. The number of fused-ring (bicyclic) bond motifs is 1. The number of nitrogens with zero attached hydrogens (tertiary/aromatic N) is 1. The highest BCUT2D eigenvalue weighted by Crippen LogP contribution is 2.31. The molecule has 1 aromatic heterocycles. The van der Waals surface area contributed by atoms with E-state index in [2.05, 4.69) is 57.5 Å². The lowest BCUT2D eigenvalue weighted by atomic mass is 9.94. The Morgan fingerprint density at radius 2 is 2.11 bits per heavy atom. The summed E-state index contributed by atoms with van der Waals surface area (Å²) in [6, 6.07) is 6.36. The van der Waals surface area contributed by atoms with Gasteiger partial charge in [-0.15, -0.1) is 11.3 Å². The highest BCUT2D eigenvalue weighted by atomic mass is 32.2. The summed E-state index contributed by atoms with van der Waals surface area (Å²) in [5.41, 5.74) is 2.52. The first-order chi connectivity index (χ1) is 8.87. The van der Waals surface area contributed by atoms with Crippen LogP contribution in [0.2, 0.25) is 0 Å². The molecule has 2 aromatic rings. The van der Waals surface area contributed by atoms with Crippen LogP contribution in [0.5, 0.6) is 0 Å². The first kappa shape index (κ1) is 14.8. The van der Waals surface area contributed by atoms with Crippen molar-refractivity contribution in [3.63, 3.8) is 0 Å². The molecule has 0 atom stereocenters. The van der Waals surface area contributed by atoms with Crippen molar-refractivity contribution in [3.8, 4) is 0 Å². The molecular formula is C15H22N2S2.